The number of hydrogen-bond donors (Lipinski definition) is 1. The first kappa shape index (κ1) is 15.9. The van der Waals surface area contributed by atoms with Gasteiger partial charge in [-0.25, -0.2) is 0 Å². The molecule has 1 aromatic carbocycles. The van der Waals surface area contributed by atoms with Gasteiger partial charge in [0.1, 0.15) is 0 Å². The van der Waals surface area contributed by atoms with Crippen molar-refractivity contribution in [1.29, 1.82) is 0 Å². The minimum absolute atomic E-state index is 0.288. The Morgan fingerprint density at radius 2 is 1.70 bits per heavy atom. The number of aryl methyl sites for hydroxylation is 1. The summed E-state index contributed by atoms with van der Waals surface area (Å²) in [4.78, 5) is 1.42. The van der Waals surface area contributed by atoms with Crippen molar-refractivity contribution in [3.05, 3.63) is 29.8 Å². The first-order chi connectivity index (χ1) is 9.59. The van der Waals surface area contributed by atoms with Gasteiger partial charge in [0.15, 0.2) is 0 Å². The van der Waals surface area contributed by atoms with Gasteiger partial charge in [-0.05, 0) is 49.7 Å². The van der Waals surface area contributed by atoms with Gasteiger partial charge in [-0.1, -0.05) is 44.9 Å². The lowest BCUT2D eigenvalue weighted by Gasteiger charge is -2.56. The summed E-state index contributed by atoms with van der Waals surface area (Å²) in [6.07, 6.45) is 7.95. The van der Waals surface area contributed by atoms with Crippen LogP contribution < -0.4 is 5.73 Å². The zero-order valence-corrected chi connectivity index (χ0v) is 14.1. The Labute approximate surface area is 128 Å². The van der Waals surface area contributed by atoms with Crippen molar-refractivity contribution in [2.24, 2.45) is 11.1 Å². The summed E-state index contributed by atoms with van der Waals surface area (Å²) in [6, 6.07) is 8.71. The Kier molecular flexibility index (Phi) is 5.19. The van der Waals surface area contributed by atoms with E-state index in [4.69, 9.17) is 5.73 Å². The molecule has 1 aromatic rings. The van der Waals surface area contributed by atoms with E-state index >= 15 is 0 Å². The lowest BCUT2D eigenvalue weighted by Crippen LogP contribution is -2.53. The van der Waals surface area contributed by atoms with Crippen LogP contribution in [0, 0.1) is 12.3 Å². The number of nitrogens with two attached hydrogens (primary N) is 1. The van der Waals surface area contributed by atoms with Gasteiger partial charge in [0.25, 0.3) is 0 Å². The summed E-state index contributed by atoms with van der Waals surface area (Å²) in [7, 11) is 0. The molecule has 1 aliphatic rings. The van der Waals surface area contributed by atoms with Gasteiger partial charge in [0.05, 0.1) is 0 Å². The van der Waals surface area contributed by atoms with Crippen LogP contribution in [0.15, 0.2) is 29.2 Å². The second kappa shape index (κ2) is 6.53. The molecule has 0 unspecified atom stereocenters. The van der Waals surface area contributed by atoms with Gasteiger partial charge < -0.3 is 5.73 Å². The Morgan fingerprint density at radius 1 is 1.10 bits per heavy atom. The van der Waals surface area contributed by atoms with Crippen molar-refractivity contribution in [2.75, 3.05) is 6.54 Å². The molecule has 0 aromatic heterocycles. The number of hydrogen-bond acceptors (Lipinski definition) is 2. The Balaban J connectivity index is 2.08. The van der Waals surface area contributed by atoms with E-state index < -0.39 is 0 Å². The molecule has 1 saturated carbocycles. The largest absolute Gasteiger partial charge is 0.329 e. The van der Waals surface area contributed by atoms with Crippen LogP contribution in [0.2, 0.25) is 0 Å². The smallest absolute Gasteiger partial charge is 0.0340 e. The molecule has 0 amide bonds. The van der Waals surface area contributed by atoms with Crippen molar-refractivity contribution in [1.82, 2.24) is 0 Å². The molecular formula is C18H29NS. The van der Waals surface area contributed by atoms with E-state index in [1.54, 1.807) is 0 Å². The molecule has 0 spiro atoms. The molecule has 2 heteroatoms. The van der Waals surface area contributed by atoms with Crippen molar-refractivity contribution in [3.8, 4) is 0 Å². The highest BCUT2D eigenvalue weighted by Crippen LogP contribution is 2.61. The van der Waals surface area contributed by atoms with Crippen LogP contribution in [0.3, 0.4) is 0 Å². The number of benzene rings is 1. The van der Waals surface area contributed by atoms with E-state index in [-0.39, 0.29) is 4.75 Å². The Bertz CT molecular complexity index is 427. The molecule has 112 valence electrons. The molecule has 0 heterocycles. The lowest BCUT2D eigenvalue weighted by atomic mass is 9.57. The zero-order chi connectivity index (χ0) is 14.6. The van der Waals surface area contributed by atoms with E-state index in [1.807, 2.05) is 11.8 Å². The minimum Gasteiger partial charge on any atom is -0.329 e. The van der Waals surface area contributed by atoms with Gasteiger partial charge in [0, 0.05) is 16.2 Å². The second-order valence-electron chi connectivity index (χ2n) is 6.61. The molecule has 2 rings (SSSR count). The topological polar surface area (TPSA) is 26.0 Å². The third-order valence-electron chi connectivity index (χ3n) is 4.75. The maximum absolute atomic E-state index is 6.16. The van der Waals surface area contributed by atoms with Crippen molar-refractivity contribution < 1.29 is 0 Å². The Morgan fingerprint density at radius 3 is 2.20 bits per heavy atom. The summed E-state index contributed by atoms with van der Waals surface area (Å²) in [5, 5.41) is 0. The van der Waals surface area contributed by atoms with Gasteiger partial charge >= 0.3 is 0 Å². The molecule has 1 aliphatic carbocycles. The molecular weight excluding hydrogens is 262 g/mol. The van der Waals surface area contributed by atoms with Crippen molar-refractivity contribution in [3.63, 3.8) is 0 Å². The fraction of sp³-hybridized carbons (Fsp3) is 0.667. The molecule has 2 N–H and O–H groups in total. The molecule has 0 bridgehead atoms. The SMILES string of the molecule is CCCC1(CCC)CC(CN)(Sc2ccccc2C)C1. The summed E-state index contributed by atoms with van der Waals surface area (Å²) < 4.78 is 0.288. The predicted octanol–water partition coefficient (Wildman–Crippen LogP) is 5.17. The van der Waals surface area contributed by atoms with Gasteiger partial charge in [0.2, 0.25) is 0 Å². The number of thioether (sulfide) groups is 1. The zero-order valence-electron chi connectivity index (χ0n) is 13.2. The van der Waals surface area contributed by atoms with E-state index in [0.29, 0.717) is 5.41 Å². The van der Waals surface area contributed by atoms with Crippen LogP contribution in [0.5, 0.6) is 0 Å². The third-order valence-corrected chi connectivity index (χ3v) is 6.31. The second-order valence-corrected chi connectivity index (χ2v) is 8.12. The molecule has 0 radical (unpaired) electrons. The summed E-state index contributed by atoms with van der Waals surface area (Å²) in [5.74, 6) is 0. The molecule has 1 fully saturated rings. The molecule has 0 atom stereocenters. The van der Waals surface area contributed by atoms with Crippen LogP contribution >= 0.6 is 11.8 Å². The fourth-order valence-electron chi connectivity index (χ4n) is 4.02. The normalized spacial score (nSPS) is 19.6. The number of rotatable bonds is 7. The van der Waals surface area contributed by atoms with Gasteiger partial charge in [-0.3, -0.25) is 0 Å². The highest BCUT2D eigenvalue weighted by molar-refractivity contribution is 8.00. The van der Waals surface area contributed by atoms with Gasteiger partial charge in [-0.2, -0.15) is 0 Å². The third kappa shape index (κ3) is 3.23. The van der Waals surface area contributed by atoms with Crippen molar-refractivity contribution in [2.45, 2.75) is 68.9 Å². The first-order valence-corrected chi connectivity index (χ1v) is 8.85. The quantitative estimate of drug-likeness (QED) is 0.750. The maximum atomic E-state index is 6.16. The predicted molar refractivity (Wildman–Crippen MR) is 90.3 cm³/mol. The average molecular weight is 292 g/mol. The Hall–Kier alpha value is -0.470. The summed E-state index contributed by atoms with van der Waals surface area (Å²) in [5.41, 5.74) is 8.12. The standard InChI is InChI=1S/C18H29NS/c1-4-10-17(11-5-2)12-18(13-17,14-19)20-16-9-7-6-8-15(16)3/h6-9H,4-5,10-14,19H2,1-3H3. The van der Waals surface area contributed by atoms with E-state index in [0.717, 1.165) is 6.54 Å². The summed E-state index contributed by atoms with van der Waals surface area (Å²) in [6.45, 7) is 7.64. The first-order valence-electron chi connectivity index (χ1n) is 8.03. The molecule has 0 aliphatic heterocycles. The molecule has 20 heavy (non-hydrogen) atoms. The highest BCUT2D eigenvalue weighted by atomic mass is 32.2. The van der Waals surface area contributed by atoms with Crippen LogP contribution in [-0.4, -0.2) is 11.3 Å². The molecule has 0 saturated heterocycles. The lowest BCUT2D eigenvalue weighted by molar-refractivity contribution is 0.0614. The van der Waals surface area contributed by atoms with Crippen LogP contribution in [0.25, 0.3) is 0 Å². The van der Waals surface area contributed by atoms with Crippen LogP contribution in [0.4, 0.5) is 0 Å². The monoisotopic (exact) mass is 291 g/mol. The fourth-order valence-corrected chi connectivity index (χ4v) is 5.70. The van der Waals surface area contributed by atoms with Crippen LogP contribution in [-0.2, 0) is 0 Å². The van der Waals surface area contributed by atoms with E-state index in [1.165, 1.54) is 49.0 Å². The molecule has 1 nitrogen and oxygen atoms in total. The summed E-state index contributed by atoms with van der Waals surface area (Å²) >= 11 is 2.03. The van der Waals surface area contributed by atoms with Gasteiger partial charge in [-0.15, -0.1) is 11.8 Å². The average Bonchev–Trinajstić information content (AvgIpc) is 2.39. The van der Waals surface area contributed by atoms with Crippen molar-refractivity contribution >= 4 is 11.8 Å². The van der Waals surface area contributed by atoms with E-state index in [9.17, 15) is 0 Å². The maximum Gasteiger partial charge on any atom is 0.0340 e. The highest BCUT2D eigenvalue weighted by Gasteiger charge is 2.53. The van der Waals surface area contributed by atoms with E-state index in [2.05, 4.69) is 45.0 Å². The van der Waals surface area contributed by atoms with Crippen LogP contribution in [0.1, 0.15) is 57.9 Å². The minimum atomic E-state index is 0.288.